The van der Waals surface area contributed by atoms with E-state index >= 15 is 0 Å². The minimum absolute atomic E-state index is 0.0468. The van der Waals surface area contributed by atoms with Crippen molar-refractivity contribution in [2.24, 2.45) is 0 Å². The number of piperazine rings is 1. The summed E-state index contributed by atoms with van der Waals surface area (Å²) in [5, 5.41) is 0. The fourth-order valence-corrected chi connectivity index (χ4v) is 4.62. The molecular weight excluding hydrogens is 444 g/mol. The van der Waals surface area contributed by atoms with E-state index in [1.165, 1.54) is 6.20 Å². The molecular formula is C23H30N4O5S. The van der Waals surface area contributed by atoms with E-state index in [4.69, 9.17) is 4.74 Å². The van der Waals surface area contributed by atoms with Crippen LogP contribution in [0.5, 0.6) is 0 Å². The topological polar surface area (TPSA) is 109 Å². The van der Waals surface area contributed by atoms with Gasteiger partial charge < -0.3 is 14.5 Å². The molecule has 1 aromatic heterocycles. The maximum Gasteiger partial charge on any atom is 0.339 e. The lowest BCUT2D eigenvalue weighted by molar-refractivity contribution is -0.131. The predicted octanol–water partition coefficient (Wildman–Crippen LogP) is 1.89. The fourth-order valence-electron chi connectivity index (χ4n) is 3.51. The summed E-state index contributed by atoms with van der Waals surface area (Å²) in [5.74, 6) is 0.236. The van der Waals surface area contributed by atoms with E-state index in [9.17, 15) is 18.0 Å². The van der Waals surface area contributed by atoms with Crippen molar-refractivity contribution in [3.63, 3.8) is 0 Å². The van der Waals surface area contributed by atoms with Gasteiger partial charge in [0.2, 0.25) is 15.9 Å². The zero-order chi connectivity index (χ0) is 24.0. The smallest absolute Gasteiger partial charge is 0.339 e. The van der Waals surface area contributed by atoms with Gasteiger partial charge in [-0.05, 0) is 56.2 Å². The van der Waals surface area contributed by atoms with Crippen LogP contribution >= 0.6 is 0 Å². The molecule has 33 heavy (non-hydrogen) atoms. The average Bonchev–Trinajstić information content (AvgIpc) is 2.81. The number of nitrogens with one attached hydrogen (secondary N) is 1. The molecule has 1 aliphatic rings. The fraction of sp³-hybridized carbons (Fsp3) is 0.435. The minimum atomic E-state index is -3.65. The number of sulfonamides is 1. The van der Waals surface area contributed by atoms with Crippen LogP contribution in [0, 0.1) is 13.8 Å². The number of carbonyl (C=O) groups excluding carboxylic acids is 2. The second kappa shape index (κ2) is 10.8. The number of nitrogens with zero attached hydrogens (tertiary/aromatic N) is 3. The lowest BCUT2D eigenvalue weighted by Crippen LogP contribution is -2.49. The predicted molar refractivity (Wildman–Crippen MR) is 125 cm³/mol. The molecule has 1 aliphatic heterocycles. The molecule has 1 fully saturated rings. The number of aromatic nitrogens is 1. The van der Waals surface area contributed by atoms with E-state index in [0.717, 1.165) is 16.9 Å². The van der Waals surface area contributed by atoms with Crippen LogP contribution in [0.4, 0.5) is 5.82 Å². The first-order chi connectivity index (χ1) is 15.7. The van der Waals surface area contributed by atoms with Gasteiger partial charge in [-0.1, -0.05) is 6.07 Å². The first kappa shape index (κ1) is 24.7. The molecule has 2 heterocycles. The Morgan fingerprint density at radius 3 is 2.39 bits per heavy atom. The lowest BCUT2D eigenvalue weighted by atomic mass is 10.1. The van der Waals surface area contributed by atoms with Crippen LogP contribution in [0.25, 0.3) is 0 Å². The second-order valence-corrected chi connectivity index (χ2v) is 9.65. The number of pyridine rings is 1. The highest BCUT2D eigenvalue weighted by Gasteiger charge is 2.23. The van der Waals surface area contributed by atoms with E-state index in [-0.39, 0.29) is 23.8 Å². The molecule has 0 unspecified atom stereocenters. The van der Waals surface area contributed by atoms with Crippen molar-refractivity contribution in [1.29, 1.82) is 0 Å². The van der Waals surface area contributed by atoms with E-state index in [1.54, 1.807) is 42.2 Å². The van der Waals surface area contributed by atoms with E-state index in [2.05, 4.69) is 9.71 Å². The third-order valence-electron chi connectivity index (χ3n) is 5.63. The van der Waals surface area contributed by atoms with Crippen LogP contribution in [0.1, 0.15) is 34.8 Å². The third kappa shape index (κ3) is 6.29. The maximum atomic E-state index is 12.5. The van der Waals surface area contributed by atoms with Crippen LogP contribution < -0.4 is 9.62 Å². The molecule has 0 radical (unpaired) electrons. The van der Waals surface area contributed by atoms with Crippen molar-refractivity contribution in [2.45, 2.75) is 32.1 Å². The van der Waals surface area contributed by atoms with Crippen LogP contribution in [0.15, 0.2) is 41.4 Å². The van der Waals surface area contributed by atoms with Crippen molar-refractivity contribution < 1.29 is 22.7 Å². The molecule has 3 rings (SSSR count). The molecule has 0 aliphatic carbocycles. The monoisotopic (exact) mass is 474 g/mol. The van der Waals surface area contributed by atoms with Crippen molar-refractivity contribution in [3.8, 4) is 0 Å². The van der Waals surface area contributed by atoms with Crippen LogP contribution in [0.2, 0.25) is 0 Å². The Hall–Kier alpha value is -2.98. The largest absolute Gasteiger partial charge is 0.462 e. The van der Waals surface area contributed by atoms with Crippen molar-refractivity contribution in [3.05, 3.63) is 53.2 Å². The van der Waals surface area contributed by atoms with Crippen molar-refractivity contribution in [1.82, 2.24) is 14.6 Å². The number of rotatable bonds is 8. The molecule has 0 saturated carbocycles. The number of hydrogen-bond donors (Lipinski definition) is 1. The second-order valence-electron chi connectivity index (χ2n) is 7.89. The summed E-state index contributed by atoms with van der Waals surface area (Å²) in [6, 6.07) is 8.42. The average molecular weight is 475 g/mol. The Morgan fingerprint density at radius 2 is 1.79 bits per heavy atom. The zero-order valence-electron chi connectivity index (χ0n) is 19.2. The molecule has 1 N–H and O–H groups in total. The Morgan fingerprint density at radius 1 is 1.06 bits per heavy atom. The Labute approximate surface area is 194 Å². The summed E-state index contributed by atoms with van der Waals surface area (Å²) in [4.78, 5) is 32.6. The summed E-state index contributed by atoms with van der Waals surface area (Å²) in [6.45, 7) is 8.13. The molecule has 0 bridgehead atoms. The Kier molecular flexibility index (Phi) is 8.04. The van der Waals surface area contributed by atoms with E-state index in [1.807, 2.05) is 18.7 Å². The Balaban J connectivity index is 1.46. The number of aryl methyl sites for hydroxylation is 2. The molecule has 1 saturated heterocycles. The van der Waals surface area contributed by atoms with Gasteiger partial charge in [0.05, 0.1) is 17.1 Å². The number of ether oxygens (including phenoxy) is 1. The first-order valence-corrected chi connectivity index (χ1v) is 12.4. The van der Waals surface area contributed by atoms with Gasteiger partial charge in [-0.15, -0.1) is 0 Å². The van der Waals surface area contributed by atoms with Crippen LogP contribution in [0.3, 0.4) is 0 Å². The molecule has 10 heteroatoms. The van der Waals surface area contributed by atoms with Crippen LogP contribution in [-0.2, 0) is 19.6 Å². The minimum Gasteiger partial charge on any atom is -0.462 e. The summed E-state index contributed by atoms with van der Waals surface area (Å²) >= 11 is 0. The lowest BCUT2D eigenvalue weighted by Gasteiger charge is -2.35. The number of carbonyl (C=O) groups is 2. The molecule has 0 atom stereocenters. The van der Waals surface area contributed by atoms with Gasteiger partial charge in [0.25, 0.3) is 0 Å². The van der Waals surface area contributed by atoms with Crippen molar-refractivity contribution in [2.75, 3.05) is 44.2 Å². The normalized spacial score (nSPS) is 14.3. The highest BCUT2D eigenvalue weighted by molar-refractivity contribution is 7.89. The molecule has 0 spiro atoms. The van der Waals surface area contributed by atoms with E-state index in [0.29, 0.717) is 38.3 Å². The maximum absolute atomic E-state index is 12.5. The molecule has 1 aromatic carbocycles. The number of anilines is 1. The van der Waals surface area contributed by atoms with Gasteiger partial charge in [0, 0.05) is 45.3 Å². The summed E-state index contributed by atoms with van der Waals surface area (Å²) in [5.41, 5.74) is 2.32. The number of hydrogen-bond acceptors (Lipinski definition) is 7. The van der Waals surface area contributed by atoms with Gasteiger partial charge >= 0.3 is 5.97 Å². The van der Waals surface area contributed by atoms with Gasteiger partial charge in [-0.2, -0.15) is 0 Å². The van der Waals surface area contributed by atoms with Crippen LogP contribution in [-0.4, -0.2) is 69.5 Å². The molecule has 1 amide bonds. The zero-order valence-corrected chi connectivity index (χ0v) is 20.0. The number of esters is 1. The quantitative estimate of drug-likeness (QED) is 0.582. The SMILES string of the molecule is CCOC(=O)c1ccc(N2CCN(C(=O)CCNS(=O)(=O)c3ccc(C)c(C)c3)CC2)nc1. The highest BCUT2D eigenvalue weighted by atomic mass is 32.2. The van der Waals surface area contributed by atoms with Crippen molar-refractivity contribution >= 4 is 27.7 Å². The highest BCUT2D eigenvalue weighted by Crippen LogP contribution is 2.16. The summed E-state index contributed by atoms with van der Waals surface area (Å²) in [7, 11) is -3.65. The number of amides is 1. The van der Waals surface area contributed by atoms with Gasteiger partial charge in [-0.3, -0.25) is 4.79 Å². The van der Waals surface area contributed by atoms with Gasteiger partial charge in [0.15, 0.2) is 0 Å². The molecule has 178 valence electrons. The Bertz CT molecular complexity index is 1090. The van der Waals surface area contributed by atoms with Gasteiger partial charge in [0.1, 0.15) is 5.82 Å². The third-order valence-corrected chi connectivity index (χ3v) is 7.09. The molecule has 9 nitrogen and oxygen atoms in total. The summed E-state index contributed by atoms with van der Waals surface area (Å²) < 4.78 is 32.4. The number of benzene rings is 1. The standard InChI is InChI=1S/C23H30N4O5S/c1-4-32-23(29)19-6-8-21(24-16-19)26-11-13-27(14-12-26)22(28)9-10-25-33(30,31)20-7-5-17(2)18(3)15-20/h5-8,15-16,25H,4,9-14H2,1-3H3. The first-order valence-electron chi connectivity index (χ1n) is 10.9. The summed E-state index contributed by atoms with van der Waals surface area (Å²) in [6.07, 6.45) is 1.59. The molecule has 2 aromatic rings. The van der Waals surface area contributed by atoms with E-state index < -0.39 is 16.0 Å². The van der Waals surface area contributed by atoms with Gasteiger partial charge in [-0.25, -0.2) is 22.9 Å².